The Labute approximate surface area is 78.5 Å². The van der Waals surface area contributed by atoms with E-state index >= 15 is 0 Å². The van der Waals surface area contributed by atoms with Crippen LogP contribution in [0.2, 0.25) is 0 Å². The smallest absolute Gasteiger partial charge is 0.136 e. The van der Waals surface area contributed by atoms with Crippen LogP contribution in [0.1, 0.15) is 26.2 Å². The van der Waals surface area contributed by atoms with E-state index in [-0.39, 0.29) is 6.04 Å². The van der Waals surface area contributed by atoms with Gasteiger partial charge in [-0.05, 0) is 6.42 Å². The van der Waals surface area contributed by atoms with E-state index < -0.39 is 5.54 Å². The highest BCUT2D eigenvalue weighted by Gasteiger charge is 2.42. The minimum atomic E-state index is -0.662. The lowest BCUT2D eigenvalue weighted by Gasteiger charge is -2.22. The molecule has 0 aromatic carbocycles. The lowest BCUT2D eigenvalue weighted by Crippen LogP contribution is -2.47. The molecule has 4 heteroatoms. The highest BCUT2D eigenvalue weighted by Crippen LogP contribution is 2.21. The normalized spacial score (nSPS) is 32.4. The highest BCUT2D eigenvalue weighted by atomic mass is 15.2. The predicted octanol–water partition coefficient (Wildman–Crippen LogP) is 0.481. The minimum Gasteiger partial charge on any atom is -0.287 e. The number of nitrogens with one attached hydrogen (secondary N) is 2. The van der Waals surface area contributed by atoms with Crippen LogP contribution in [0.4, 0.5) is 0 Å². The molecule has 0 aliphatic carbocycles. The zero-order valence-electron chi connectivity index (χ0n) is 7.80. The van der Waals surface area contributed by atoms with Crippen molar-refractivity contribution in [3.63, 3.8) is 0 Å². The van der Waals surface area contributed by atoms with E-state index in [2.05, 4.69) is 29.7 Å². The van der Waals surface area contributed by atoms with Crippen molar-refractivity contribution in [1.82, 2.24) is 10.6 Å². The predicted molar refractivity (Wildman–Crippen MR) is 48.4 cm³/mol. The third-order valence-corrected chi connectivity index (χ3v) is 2.46. The maximum Gasteiger partial charge on any atom is 0.136 e. The molecule has 0 aromatic heterocycles. The molecule has 0 bridgehead atoms. The summed E-state index contributed by atoms with van der Waals surface area (Å²) in [7, 11) is 0. The van der Waals surface area contributed by atoms with E-state index in [0.29, 0.717) is 6.67 Å². The zero-order chi connectivity index (χ0) is 9.73. The van der Waals surface area contributed by atoms with Crippen LogP contribution >= 0.6 is 0 Å². The first-order chi connectivity index (χ1) is 6.29. The fourth-order valence-corrected chi connectivity index (χ4v) is 1.59. The van der Waals surface area contributed by atoms with Crippen molar-refractivity contribution < 1.29 is 0 Å². The van der Waals surface area contributed by atoms with Gasteiger partial charge in [0.1, 0.15) is 11.6 Å². The van der Waals surface area contributed by atoms with Gasteiger partial charge in [-0.15, -0.1) is 0 Å². The SMILES string of the molecule is CCCCC1(C#N)NCNC1C#N. The van der Waals surface area contributed by atoms with Gasteiger partial charge in [0, 0.05) is 6.67 Å². The van der Waals surface area contributed by atoms with E-state index in [1.807, 2.05) is 0 Å². The molecule has 1 fully saturated rings. The third kappa shape index (κ3) is 1.80. The summed E-state index contributed by atoms with van der Waals surface area (Å²) in [5, 5.41) is 23.9. The molecule has 1 saturated heterocycles. The quantitative estimate of drug-likeness (QED) is 0.659. The van der Waals surface area contributed by atoms with Gasteiger partial charge in [0.15, 0.2) is 0 Å². The van der Waals surface area contributed by atoms with Gasteiger partial charge in [-0.1, -0.05) is 19.8 Å². The van der Waals surface area contributed by atoms with Crippen LogP contribution in [-0.2, 0) is 0 Å². The Morgan fingerprint density at radius 1 is 1.54 bits per heavy atom. The van der Waals surface area contributed by atoms with Crippen LogP contribution < -0.4 is 10.6 Å². The Kier molecular flexibility index (Phi) is 3.25. The maximum atomic E-state index is 9.04. The molecule has 1 heterocycles. The summed E-state index contributed by atoms with van der Waals surface area (Å²) >= 11 is 0. The Morgan fingerprint density at radius 3 is 2.85 bits per heavy atom. The summed E-state index contributed by atoms with van der Waals surface area (Å²) in [5.41, 5.74) is -0.662. The Bertz CT molecular complexity index is 249. The minimum absolute atomic E-state index is 0.371. The maximum absolute atomic E-state index is 9.04. The average Bonchev–Trinajstić information content (AvgIpc) is 2.58. The molecule has 1 rings (SSSR count). The van der Waals surface area contributed by atoms with Crippen molar-refractivity contribution in [2.24, 2.45) is 0 Å². The highest BCUT2D eigenvalue weighted by molar-refractivity contribution is 5.23. The van der Waals surface area contributed by atoms with E-state index in [1.165, 1.54) is 0 Å². The summed E-state index contributed by atoms with van der Waals surface area (Å²) in [6, 6.07) is 3.96. The van der Waals surface area contributed by atoms with Crippen molar-refractivity contribution in [3.05, 3.63) is 0 Å². The van der Waals surface area contributed by atoms with Crippen LogP contribution in [0.25, 0.3) is 0 Å². The van der Waals surface area contributed by atoms with Crippen LogP contribution in [0.3, 0.4) is 0 Å². The fraction of sp³-hybridized carbons (Fsp3) is 0.778. The summed E-state index contributed by atoms with van der Waals surface area (Å²) < 4.78 is 0. The fourth-order valence-electron chi connectivity index (χ4n) is 1.59. The number of unbranched alkanes of at least 4 members (excludes halogenated alkanes) is 1. The van der Waals surface area contributed by atoms with E-state index in [9.17, 15) is 0 Å². The summed E-state index contributed by atoms with van der Waals surface area (Å²) in [5.74, 6) is 0. The van der Waals surface area contributed by atoms with Gasteiger partial charge in [-0.3, -0.25) is 10.6 Å². The Morgan fingerprint density at radius 2 is 2.31 bits per heavy atom. The summed E-state index contributed by atoms with van der Waals surface area (Å²) in [6.07, 6.45) is 2.76. The average molecular weight is 178 g/mol. The van der Waals surface area contributed by atoms with Gasteiger partial charge in [0.05, 0.1) is 12.1 Å². The first kappa shape index (κ1) is 9.98. The monoisotopic (exact) mass is 178 g/mol. The number of nitrogens with zero attached hydrogens (tertiary/aromatic N) is 2. The molecule has 2 atom stereocenters. The molecular weight excluding hydrogens is 164 g/mol. The second-order valence-corrected chi connectivity index (χ2v) is 3.31. The van der Waals surface area contributed by atoms with Gasteiger partial charge in [0.2, 0.25) is 0 Å². The summed E-state index contributed by atoms with van der Waals surface area (Å²) in [6.45, 7) is 2.63. The van der Waals surface area contributed by atoms with Gasteiger partial charge in [0.25, 0.3) is 0 Å². The molecule has 2 unspecified atom stereocenters. The van der Waals surface area contributed by atoms with Gasteiger partial charge < -0.3 is 0 Å². The molecule has 0 radical (unpaired) electrons. The molecular formula is C9H14N4. The molecule has 2 N–H and O–H groups in total. The zero-order valence-corrected chi connectivity index (χ0v) is 7.80. The second-order valence-electron chi connectivity index (χ2n) is 3.31. The number of rotatable bonds is 3. The van der Waals surface area contributed by atoms with Crippen molar-refractivity contribution in [3.8, 4) is 12.1 Å². The molecule has 1 aliphatic rings. The molecule has 0 saturated carbocycles. The Hall–Kier alpha value is -1.10. The van der Waals surface area contributed by atoms with E-state index in [0.717, 1.165) is 19.3 Å². The number of nitriles is 2. The van der Waals surface area contributed by atoms with Crippen molar-refractivity contribution in [1.29, 1.82) is 10.5 Å². The van der Waals surface area contributed by atoms with Crippen LogP contribution in [-0.4, -0.2) is 18.2 Å². The molecule has 70 valence electrons. The molecule has 1 aliphatic heterocycles. The van der Waals surface area contributed by atoms with Gasteiger partial charge in [-0.25, -0.2) is 0 Å². The molecule has 0 spiro atoms. The Balaban J connectivity index is 2.69. The second kappa shape index (κ2) is 4.23. The standard InChI is InChI=1S/C9H14N4/c1-2-3-4-9(6-11)8(5-10)12-7-13-9/h8,12-13H,2-4,7H2,1H3. The lowest BCUT2D eigenvalue weighted by molar-refractivity contribution is 0.416. The molecule has 4 nitrogen and oxygen atoms in total. The third-order valence-electron chi connectivity index (χ3n) is 2.46. The van der Waals surface area contributed by atoms with Gasteiger partial charge in [-0.2, -0.15) is 10.5 Å². The van der Waals surface area contributed by atoms with Crippen molar-refractivity contribution in [2.45, 2.75) is 37.8 Å². The molecule has 0 aromatic rings. The van der Waals surface area contributed by atoms with Crippen molar-refractivity contribution in [2.75, 3.05) is 6.67 Å². The first-order valence-corrected chi connectivity index (χ1v) is 4.58. The number of hydrogen-bond acceptors (Lipinski definition) is 4. The van der Waals surface area contributed by atoms with E-state index in [1.54, 1.807) is 0 Å². The molecule has 13 heavy (non-hydrogen) atoms. The largest absolute Gasteiger partial charge is 0.287 e. The topological polar surface area (TPSA) is 71.6 Å². The number of hydrogen-bond donors (Lipinski definition) is 2. The summed E-state index contributed by atoms with van der Waals surface area (Å²) in [4.78, 5) is 0. The van der Waals surface area contributed by atoms with Crippen molar-refractivity contribution >= 4 is 0 Å². The molecule has 0 amide bonds. The lowest BCUT2D eigenvalue weighted by atomic mass is 9.88. The van der Waals surface area contributed by atoms with Crippen LogP contribution in [0.15, 0.2) is 0 Å². The van der Waals surface area contributed by atoms with Gasteiger partial charge >= 0.3 is 0 Å². The first-order valence-electron chi connectivity index (χ1n) is 4.58. The van der Waals surface area contributed by atoms with Crippen LogP contribution in [0, 0.1) is 22.7 Å². The van der Waals surface area contributed by atoms with E-state index in [4.69, 9.17) is 10.5 Å². The van der Waals surface area contributed by atoms with Crippen LogP contribution in [0.5, 0.6) is 0 Å².